The van der Waals surface area contributed by atoms with Crippen molar-refractivity contribution in [2.24, 2.45) is 0 Å². The van der Waals surface area contributed by atoms with Gasteiger partial charge in [-0.2, -0.15) is 0 Å². The zero-order valence-electron chi connectivity index (χ0n) is 14.8. The van der Waals surface area contributed by atoms with Crippen LogP contribution in [-0.4, -0.2) is 17.6 Å². The average molecular weight is 325 g/mol. The molecule has 0 unspecified atom stereocenters. The molecule has 22 heavy (non-hydrogen) atoms. The lowest BCUT2D eigenvalue weighted by molar-refractivity contribution is 0.341. The van der Waals surface area contributed by atoms with Crippen molar-refractivity contribution in [1.29, 1.82) is 0 Å². The Bertz CT molecular complexity index is 413. The van der Waals surface area contributed by atoms with Gasteiger partial charge in [0, 0.05) is 5.88 Å². The molecule has 0 radical (unpaired) electrons. The quantitative estimate of drug-likeness (QED) is 0.347. The van der Waals surface area contributed by atoms with Gasteiger partial charge in [-0.05, 0) is 66.2 Å². The fraction of sp³-hybridized carbons (Fsp3) is 0.600. The second kappa shape index (κ2) is 13.8. The highest BCUT2D eigenvalue weighted by molar-refractivity contribution is 6.19. The van der Waals surface area contributed by atoms with Crippen molar-refractivity contribution in [3.8, 4) is 0 Å². The fourth-order valence-electron chi connectivity index (χ4n) is 2.16. The van der Waals surface area contributed by atoms with Crippen LogP contribution in [0.15, 0.2) is 46.6 Å². The largest absolute Gasteiger partial charge is 0.392 e. The van der Waals surface area contributed by atoms with E-state index in [1.165, 1.54) is 22.3 Å². The van der Waals surface area contributed by atoms with E-state index in [-0.39, 0.29) is 6.61 Å². The number of hydrogen-bond donors (Lipinski definition) is 1. The van der Waals surface area contributed by atoms with Gasteiger partial charge in [0.25, 0.3) is 0 Å². The van der Waals surface area contributed by atoms with Gasteiger partial charge in [0.2, 0.25) is 0 Å². The Labute approximate surface area is 142 Å². The van der Waals surface area contributed by atoms with Crippen molar-refractivity contribution < 1.29 is 5.11 Å². The number of aliphatic hydroxyl groups is 1. The molecule has 0 aliphatic heterocycles. The van der Waals surface area contributed by atoms with Gasteiger partial charge in [-0.25, -0.2) is 0 Å². The van der Waals surface area contributed by atoms with E-state index in [2.05, 4.69) is 45.9 Å². The first-order valence-electron chi connectivity index (χ1n) is 8.29. The molecule has 0 heterocycles. The van der Waals surface area contributed by atoms with Crippen LogP contribution in [0.5, 0.6) is 0 Å². The summed E-state index contributed by atoms with van der Waals surface area (Å²) in [7, 11) is 0. The lowest BCUT2D eigenvalue weighted by Crippen LogP contribution is -1.83. The average Bonchev–Trinajstić information content (AvgIpc) is 2.47. The van der Waals surface area contributed by atoms with E-state index in [0.29, 0.717) is 5.88 Å². The van der Waals surface area contributed by atoms with Gasteiger partial charge in [-0.3, -0.25) is 0 Å². The molecule has 0 saturated carbocycles. The summed E-state index contributed by atoms with van der Waals surface area (Å²) in [5.41, 5.74) is 5.45. The van der Waals surface area contributed by atoms with Gasteiger partial charge in [0.1, 0.15) is 0 Å². The Morgan fingerprint density at radius 1 is 0.682 bits per heavy atom. The topological polar surface area (TPSA) is 20.2 Å². The normalized spacial score (nSPS) is 14.6. The molecule has 0 aromatic carbocycles. The van der Waals surface area contributed by atoms with Gasteiger partial charge >= 0.3 is 0 Å². The molecular weight excluding hydrogens is 292 g/mol. The standard InChI is InChI=1S/C20H33ClO/c1-17(10-6-12-19(3)14-15-22)8-5-9-18(2)11-7-13-20(4)16-21/h9-10,13-14,22H,5-8,11-12,15-16H2,1-4H3/b17-10+,18-9+,19-14+,20-13+. The Hall–Kier alpha value is -0.790. The van der Waals surface area contributed by atoms with Crippen molar-refractivity contribution in [1.82, 2.24) is 0 Å². The molecule has 0 amide bonds. The second-order valence-corrected chi connectivity index (χ2v) is 6.40. The van der Waals surface area contributed by atoms with E-state index in [1.54, 1.807) is 0 Å². The molecule has 0 aliphatic carbocycles. The number of rotatable bonds is 11. The molecule has 1 nitrogen and oxygen atoms in total. The van der Waals surface area contributed by atoms with E-state index in [1.807, 2.05) is 6.08 Å². The van der Waals surface area contributed by atoms with E-state index < -0.39 is 0 Å². The summed E-state index contributed by atoms with van der Waals surface area (Å²) in [5.74, 6) is 0.639. The van der Waals surface area contributed by atoms with Crippen LogP contribution in [0.4, 0.5) is 0 Å². The van der Waals surface area contributed by atoms with E-state index in [9.17, 15) is 0 Å². The third-order valence-corrected chi connectivity index (χ3v) is 4.17. The van der Waals surface area contributed by atoms with E-state index in [4.69, 9.17) is 16.7 Å². The van der Waals surface area contributed by atoms with Crippen molar-refractivity contribution >= 4 is 11.6 Å². The van der Waals surface area contributed by atoms with Crippen LogP contribution in [0, 0.1) is 0 Å². The Morgan fingerprint density at radius 2 is 1.05 bits per heavy atom. The van der Waals surface area contributed by atoms with Crippen LogP contribution in [0.2, 0.25) is 0 Å². The van der Waals surface area contributed by atoms with Gasteiger partial charge in [0.15, 0.2) is 0 Å². The SMILES string of the molecule is C/C(=C\CC/C(C)=C/CC/C(C)=C/CC/C(C)=C/CO)CCl. The Balaban J connectivity index is 3.96. The molecule has 0 spiro atoms. The van der Waals surface area contributed by atoms with Crippen molar-refractivity contribution in [2.75, 3.05) is 12.5 Å². The van der Waals surface area contributed by atoms with Crippen molar-refractivity contribution in [3.05, 3.63) is 46.6 Å². The molecule has 0 aliphatic rings. The van der Waals surface area contributed by atoms with Gasteiger partial charge in [0.05, 0.1) is 6.61 Å². The van der Waals surface area contributed by atoms with E-state index >= 15 is 0 Å². The highest BCUT2D eigenvalue weighted by atomic mass is 35.5. The molecule has 0 aromatic rings. The second-order valence-electron chi connectivity index (χ2n) is 6.13. The highest BCUT2D eigenvalue weighted by Gasteiger charge is 1.93. The molecule has 0 saturated heterocycles. The zero-order valence-corrected chi connectivity index (χ0v) is 15.5. The molecule has 0 rings (SSSR count). The fourth-order valence-corrected chi connectivity index (χ4v) is 2.26. The minimum absolute atomic E-state index is 0.151. The molecule has 0 atom stereocenters. The minimum atomic E-state index is 0.151. The first-order valence-corrected chi connectivity index (χ1v) is 8.82. The number of allylic oxidation sites excluding steroid dienone is 7. The van der Waals surface area contributed by atoms with Crippen molar-refractivity contribution in [3.63, 3.8) is 0 Å². The third-order valence-electron chi connectivity index (χ3n) is 3.74. The van der Waals surface area contributed by atoms with Crippen LogP contribution in [0.25, 0.3) is 0 Å². The summed E-state index contributed by atoms with van der Waals surface area (Å²) in [6, 6.07) is 0. The molecule has 1 N–H and O–H groups in total. The number of alkyl halides is 1. The summed E-state index contributed by atoms with van der Waals surface area (Å²) in [5, 5.41) is 8.81. The summed E-state index contributed by atoms with van der Waals surface area (Å²) in [6.45, 7) is 8.73. The highest BCUT2D eigenvalue weighted by Crippen LogP contribution is 2.13. The van der Waals surface area contributed by atoms with Crippen LogP contribution in [0.3, 0.4) is 0 Å². The summed E-state index contributed by atoms with van der Waals surface area (Å²) >= 11 is 5.76. The maximum absolute atomic E-state index is 8.81. The minimum Gasteiger partial charge on any atom is -0.392 e. The predicted molar refractivity (Wildman–Crippen MR) is 101 cm³/mol. The number of halogens is 1. The first-order chi connectivity index (χ1) is 10.5. The maximum Gasteiger partial charge on any atom is 0.0614 e. The number of hydrogen-bond acceptors (Lipinski definition) is 1. The summed E-state index contributed by atoms with van der Waals surface area (Å²) < 4.78 is 0. The molecular formula is C20H33ClO. The Kier molecular flexibility index (Phi) is 13.3. The van der Waals surface area contributed by atoms with Crippen molar-refractivity contribution in [2.45, 2.75) is 66.2 Å². The van der Waals surface area contributed by atoms with Gasteiger partial charge < -0.3 is 5.11 Å². The molecule has 0 bridgehead atoms. The van der Waals surface area contributed by atoms with E-state index in [0.717, 1.165) is 38.5 Å². The molecule has 126 valence electrons. The third kappa shape index (κ3) is 12.9. The summed E-state index contributed by atoms with van der Waals surface area (Å²) in [4.78, 5) is 0. The first kappa shape index (κ1) is 21.2. The maximum atomic E-state index is 8.81. The van der Waals surface area contributed by atoms with Crippen LogP contribution < -0.4 is 0 Å². The lowest BCUT2D eigenvalue weighted by atomic mass is 10.0. The molecule has 0 aromatic heterocycles. The summed E-state index contributed by atoms with van der Waals surface area (Å²) in [6.07, 6.45) is 15.4. The predicted octanol–water partition coefficient (Wildman–Crippen LogP) is 6.34. The number of aliphatic hydroxyl groups excluding tert-OH is 1. The monoisotopic (exact) mass is 324 g/mol. The molecule has 0 fully saturated rings. The zero-order chi connectivity index (χ0) is 16.8. The lowest BCUT2D eigenvalue weighted by Gasteiger charge is -2.02. The van der Waals surface area contributed by atoms with Crippen LogP contribution in [-0.2, 0) is 0 Å². The van der Waals surface area contributed by atoms with Gasteiger partial charge in [-0.1, -0.05) is 46.6 Å². The van der Waals surface area contributed by atoms with Gasteiger partial charge in [-0.15, -0.1) is 11.6 Å². The van der Waals surface area contributed by atoms with Crippen LogP contribution in [0.1, 0.15) is 66.2 Å². The Morgan fingerprint density at radius 3 is 1.41 bits per heavy atom. The molecule has 2 heteroatoms. The smallest absolute Gasteiger partial charge is 0.0614 e. The van der Waals surface area contributed by atoms with Crippen LogP contribution >= 0.6 is 11.6 Å².